The first-order valence-corrected chi connectivity index (χ1v) is 6.54. The molecule has 0 aromatic rings. The van der Waals surface area contributed by atoms with Gasteiger partial charge in [-0.2, -0.15) is 0 Å². The SMILES string of the molecule is CC1(C)OB(/C=C2/CCCOCC2)OC1(C)C. The van der Waals surface area contributed by atoms with E-state index in [9.17, 15) is 0 Å². The third-order valence-corrected chi connectivity index (χ3v) is 4.00. The molecule has 0 aliphatic carbocycles. The van der Waals surface area contributed by atoms with Gasteiger partial charge in [0.1, 0.15) is 0 Å². The van der Waals surface area contributed by atoms with Gasteiger partial charge in [0.05, 0.1) is 17.8 Å². The summed E-state index contributed by atoms with van der Waals surface area (Å²) in [5.41, 5.74) is 0.923. The Morgan fingerprint density at radius 3 is 2.29 bits per heavy atom. The van der Waals surface area contributed by atoms with Gasteiger partial charge in [-0.25, -0.2) is 0 Å². The fraction of sp³-hybridized carbons (Fsp3) is 0.846. The van der Waals surface area contributed by atoms with Crippen LogP contribution in [-0.4, -0.2) is 31.5 Å². The summed E-state index contributed by atoms with van der Waals surface area (Å²) in [5.74, 6) is 2.14. The second kappa shape index (κ2) is 4.75. The van der Waals surface area contributed by atoms with Gasteiger partial charge in [-0.3, -0.25) is 0 Å². The molecule has 4 heteroatoms. The molecule has 96 valence electrons. The minimum Gasteiger partial charge on any atom is -0.400 e. The van der Waals surface area contributed by atoms with Gasteiger partial charge in [-0.1, -0.05) is 11.5 Å². The summed E-state index contributed by atoms with van der Waals surface area (Å²) in [6.07, 6.45) is 3.21. The first-order valence-electron chi connectivity index (χ1n) is 6.54. The third kappa shape index (κ3) is 2.93. The maximum absolute atomic E-state index is 5.97. The topological polar surface area (TPSA) is 27.7 Å². The summed E-state index contributed by atoms with van der Waals surface area (Å²) >= 11 is 0. The quantitative estimate of drug-likeness (QED) is 0.657. The van der Waals surface area contributed by atoms with Crippen LogP contribution < -0.4 is 0 Å². The monoisotopic (exact) mass is 238 g/mol. The molecule has 0 radical (unpaired) electrons. The Labute approximate surface area is 105 Å². The van der Waals surface area contributed by atoms with E-state index in [1.165, 1.54) is 5.57 Å². The number of ether oxygens (including phenoxy) is 1. The molecule has 2 aliphatic rings. The first kappa shape index (κ1) is 13.1. The highest BCUT2D eigenvalue weighted by Crippen LogP contribution is 2.37. The van der Waals surface area contributed by atoms with Crippen molar-refractivity contribution in [2.75, 3.05) is 13.2 Å². The van der Waals surface area contributed by atoms with Crippen LogP contribution in [0.3, 0.4) is 0 Å². The van der Waals surface area contributed by atoms with Gasteiger partial charge in [0.2, 0.25) is 0 Å². The van der Waals surface area contributed by atoms with Crippen molar-refractivity contribution in [3.05, 3.63) is 11.5 Å². The molecular weight excluding hydrogens is 215 g/mol. The van der Waals surface area contributed by atoms with Crippen LogP contribution in [0.2, 0.25) is 0 Å². The van der Waals surface area contributed by atoms with Crippen molar-refractivity contribution < 1.29 is 14.0 Å². The Bertz CT molecular complexity index is 284. The van der Waals surface area contributed by atoms with Crippen LogP contribution in [0, 0.1) is 0 Å². The van der Waals surface area contributed by atoms with Gasteiger partial charge < -0.3 is 14.0 Å². The van der Waals surface area contributed by atoms with Crippen LogP contribution in [0.5, 0.6) is 0 Å². The molecule has 0 spiro atoms. The van der Waals surface area contributed by atoms with Crippen LogP contribution in [0.25, 0.3) is 0 Å². The van der Waals surface area contributed by atoms with Crippen molar-refractivity contribution >= 4 is 7.12 Å². The third-order valence-electron chi connectivity index (χ3n) is 4.00. The van der Waals surface area contributed by atoms with Gasteiger partial charge in [0.15, 0.2) is 0 Å². The molecule has 0 saturated carbocycles. The smallest absolute Gasteiger partial charge is 0.400 e. The molecule has 3 nitrogen and oxygen atoms in total. The number of hydrogen-bond donors (Lipinski definition) is 0. The molecule has 2 aliphatic heterocycles. The van der Waals surface area contributed by atoms with Gasteiger partial charge in [0, 0.05) is 6.61 Å². The second-order valence-corrected chi connectivity index (χ2v) is 5.92. The molecule has 2 rings (SSSR count). The van der Waals surface area contributed by atoms with E-state index in [1.807, 2.05) is 0 Å². The lowest BCUT2D eigenvalue weighted by atomic mass is 9.85. The van der Waals surface area contributed by atoms with Crippen LogP contribution >= 0.6 is 0 Å². The zero-order chi connectivity index (χ0) is 12.5. The van der Waals surface area contributed by atoms with Crippen LogP contribution in [0.15, 0.2) is 11.5 Å². The molecule has 2 saturated heterocycles. The average Bonchev–Trinajstić information content (AvgIpc) is 2.42. The zero-order valence-corrected chi connectivity index (χ0v) is 11.4. The lowest BCUT2D eigenvalue weighted by molar-refractivity contribution is 0.00578. The van der Waals surface area contributed by atoms with E-state index in [-0.39, 0.29) is 18.3 Å². The van der Waals surface area contributed by atoms with Crippen molar-refractivity contribution in [1.82, 2.24) is 0 Å². The summed E-state index contributed by atoms with van der Waals surface area (Å²) in [7, 11) is -0.201. The highest BCUT2D eigenvalue weighted by Gasteiger charge is 2.50. The lowest BCUT2D eigenvalue weighted by Gasteiger charge is -2.32. The van der Waals surface area contributed by atoms with E-state index in [4.69, 9.17) is 14.0 Å². The number of rotatable bonds is 1. The fourth-order valence-corrected chi connectivity index (χ4v) is 2.15. The molecule has 0 unspecified atom stereocenters. The highest BCUT2D eigenvalue weighted by molar-refractivity contribution is 6.51. The van der Waals surface area contributed by atoms with Gasteiger partial charge >= 0.3 is 7.12 Å². The minimum atomic E-state index is -0.240. The van der Waals surface area contributed by atoms with E-state index in [0.717, 1.165) is 32.5 Å². The van der Waals surface area contributed by atoms with E-state index < -0.39 is 0 Å². The molecule has 2 fully saturated rings. The largest absolute Gasteiger partial charge is 0.487 e. The standard InChI is InChI=1S/C13H23BO3/c1-12(2)13(3,4)17-14(16-12)10-11-6-5-8-15-9-7-11/h10H,5-9H2,1-4H3/b11-10-. The van der Waals surface area contributed by atoms with Crippen LogP contribution in [0.1, 0.15) is 47.0 Å². The van der Waals surface area contributed by atoms with Crippen molar-refractivity contribution in [2.45, 2.75) is 58.2 Å². The fourth-order valence-electron chi connectivity index (χ4n) is 2.15. The molecule has 0 atom stereocenters. The van der Waals surface area contributed by atoms with E-state index >= 15 is 0 Å². The Morgan fingerprint density at radius 1 is 1.00 bits per heavy atom. The predicted octanol–water partition coefficient (Wildman–Crippen LogP) is 2.74. The molecule has 0 aromatic carbocycles. The van der Waals surface area contributed by atoms with Gasteiger partial charge in [-0.05, 0) is 47.0 Å². The van der Waals surface area contributed by atoms with E-state index in [0.29, 0.717) is 0 Å². The van der Waals surface area contributed by atoms with Crippen molar-refractivity contribution in [1.29, 1.82) is 0 Å². The number of hydrogen-bond acceptors (Lipinski definition) is 3. The maximum atomic E-state index is 5.97. The molecule has 0 aromatic heterocycles. The second-order valence-electron chi connectivity index (χ2n) is 5.92. The summed E-state index contributed by atoms with van der Waals surface area (Å²) in [4.78, 5) is 0. The minimum absolute atomic E-state index is 0.201. The normalized spacial score (nSPS) is 30.6. The van der Waals surface area contributed by atoms with Crippen LogP contribution in [0.4, 0.5) is 0 Å². The molecular formula is C13H23BO3. The Hall–Kier alpha value is -0.315. The molecule has 0 bridgehead atoms. The molecule has 0 amide bonds. The van der Waals surface area contributed by atoms with Crippen molar-refractivity contribution in [3.8, 4) is 0 Å². The molecule has 17 heavy (non-hydrogen) atoms. The van der Waals surface area contributed by atoms with Crippen LogP contribution in [-0.2, 0) is 14.0 Å². The van der Waals surface area contributed by atoms with Crippen molar-refractivity contribution in [3.63, 3.8) is 0 Å². The van der Waals surface area contributed by atoms with Gasteiger partial charge in [-0.15, -0.1) is 0 Å². The first-order chi connectivity index (χ1) is 7.91. The van der Waals surface area contributed by atoms with Gasteiger partial charge in [0.25, 0.3) is 0 Å². The van der Waals surface area contributed by atoms with E-state index in [2.05, 4.69) is 33.7 Å². The maximum Gasteiger partial charge on any atom is 0.487 e. The Kier molecular flexibility index (Phi) is 3.67. The summed E-state index contributed by atoms with van der Waals surface area (Å²) < 4.78 is 17.4. The highest BCUT2D eigenvalue weighted by atomic mass is 16.7. The van der Waals surface area contributed by atoms with Crippen molar-refractivity contribution in [2.24, 2.45) is 0 Å². The summed E-state index contributed by atoms with van der Waals surface area (Å²) in [6.45, 7) is 10.0. The zero-order valence-electron chi connectivity index (χ0n) is 11.4. The lowest BCUT2D eigenvalue weighted by Crippen LogP contribution is -2.41. The average molecular weight is 238 g/mol. The summed E-state index contributed by atoms with van der Waals surface area (Å²) in [6, 6.07) is 0. The summed E-state index contributed by atoms with van der Waals surface area (Å²) in [5, 5.41) is 0. The van der Waals surface area contributed by atoms with E-state index in [1.54, 1.807) is 0 Å². The Morgan fingerprint density at radius 2 is 1.65 bits per heavy atom. The Balaban J connectivity index is 2.03. The predicted molar refractivity (Wildman–Crippen MR) is 68.8 cm³/mol. The molecule has 2 heterocycles. The molecule has 0 N–H and O–H groups in total.